The number of aliphatic hydroxyl groups is 1. The molecule has 6 heteroatoms. The van der Waals surface area contributed by atoms with Crippen LogP contribution in [0.25, 0.3) is 0 Å². The molecule has 0 spiro atoms. The molecule has 4 unspecified atom stereocenters. The third-order valence-corrected chi connectivity index (χ3v) is 5.95. The van der Waals surface area contributed by atoms with Crippen LogP contribution >= 0.6 is 0 Å². The van der Waals surface area contributed by atoms with Crippen LogP contribution in [-0.4, -0.2) is 59.4 Å². The van der Waals surface area contributed by atoms with Crippen molar-refractivity contribution in [1.82, 2.24) is 4.90 Å². The molecule has 1 amide bonds. The Balaban J connectivity index is 1.65. The Bertz CT molecular complexity index is 484. The number of esters is 1. The molecule has 0 saturated carbocycles. The Labute approximate surface area is 169 Å². The molecule has 1 N–H and O–H groups in total. The number of aliphatic hydroxyl groups excluding tert-OH is 1. The van der Waals surface area contributed by atoms with Crippen molar-refractivity contribution in [1.29, 1.82) is 0 Å². The number of rotatable bonds is 14. The van der Waals surface area contributed by atoms with E-state index >= 15 is 0 Å². The molecule has 2 rings (SSSR count). The highest BCUT2D eigenvalue weighted by molar-refractivity contribution is 5.80. The number of unbranched alkanes of at least 4 members (excludes halogenated alkanes) is 4. The number of carbonyl (C=O) groups excluding carboxylic acids is 2. The summed E-state index contributed by atoms with van der Waals surface area (Å²) in [6, 6.07) is 0.162. The summed E-state index contributed by atoms with van der Waals surface area (Å²) in [5, 5.41) is 10.2. The van der Waals surface area contributed by atoms with Gasteiger partial charge in [-0.2, -0.15) is 0 Å². The van der Waals surface area contributed by atoms with Gasteiger partial charge in [-0.1, -0.05) is 39.0 Å². The second kappa shape index (κ2) is 12.4. The fraction of sp³-hybridized carbons (Fsp3) is 0.909. The molecule has 2 aliphatic rings. The normalized spacial score (nSPS) is 25.2. The van der Waals surface area contributed by atoms with Crippen molar-refractivity contribution in [2.24, 2.45) is 0 Å². The van der Waals surface area contributed by atoms with Crippen LogP contribution in [0.3, 0.4) is 0 Å². The lowest BCUT2D eigenvalue weighted by molar-refractivity contribution is -0.143. The molecule has 0 aromatic rings. The second-order valence-corrected chi connectivity index (χ2v) is 8.23. The minimum absolute atomic E-state index is 0.00394. The predicted molar refractivity (Wildman–Crippen MR) is 108 cm³/mol. The fourth-order valence-corrected chi connectivity index (χ4v) is 4.39. The molecule has 6 nitrogen and oxygen atoms in total. The van der Waals surface area contributed by atoms with Gasteiger partial charge in [-0.25, -0.2) is 0 Å². The summed E-state index contributed by atoms with van der Waals surface area (Å²) >= 11 is 0. The topological polar surface area (TPSA) is 76.1 Å². The van der Waals surface area contributed by atoms with Crippen molar-refractivity contribution in [3.8, 4) is 0 Å². The van der Waals surface area contributed by atoms with Crippen LogP contribution in [0.15, 0.2) is 0 Å². The molecule has 2 heterocycles. The van der Waals surface area contributed by atoms with Gasteiger partial charge in [-0.15, -0.1) is 0 Å². The average molecular weight is 398 g/mol. The smallest absolute Gasteiger partial charge is 0.305 e. The first-order chi connectivity index (χ1) is 13.5. The Morgan fingerprint density at radius 1 is 1.21 bits per heavy atom. The van der Waals surface area contributed by atoms with E-state index in [1.807, 2.05) is 11.8 Å². The van der Waals surface area contributed by atoms with Crippen LogP contribution in [0.5, 0.6) is 0 Å². The summed E-state index contributed by atoms with van der Waals surface area (Å²) in [5.41, 5.74) is 0. The number of ether oxygens (including phenoxy) is 2. The maximum Gasteiger partial charge on any atom is 0.305 e. The Kier molecular flexibility index (Phi) is 10.3. The third-order valence-electron chi connectivity index (χ3n) is 5.95. The fourth-order valence-electron chi connectivity index (χ4n) is 4.39. The largest absolute Gasteiger partial charge is 0.466 e. The molecule has 2 aliphatic heterocycles. The standard InChI is InChI=1S/C22H39NO5/c1-3-5-6-7-10-17(24)13-14-23-19-15-18(28-20(19)16-21(23)25)11-8-9-12-22(26)27-4-2/h17-20,24H,3-16H2,1-2H3. The molecule has 162 valence electrons. The average Bonchev–Trinajstić information content (AvgIpc) is 3.17. The van der Waals surface area contributed by atoms with E-state index in [1.165, 1.54) is 19.3 Å². The van der Waals surface area contributed by atoms with Crippen molar-refractivity contribution in [3.63, 3.8) is 0 Å². The Morgan fingerprint density at radius 2 is 2.04 bits per heavy atom. The zero-order valence-corrected chi connectivity index (χ0v) is 17.7. The molecular formula is C22H39NO5. The number of amides is 1. The second-order valence-electron chi connectivity index (χ2n) is 8.23. The maximum atomic E-state index is 12.3. The van der Waals surface area contributed by atoms with Crippen molar-refractivity contribution in [3.05, 3.63) is 0 Å². The highest BCUT2D eigenvalue weighted by Crippen LogP contribution is 2.35. The van der Waals surface area contributed by atoms with E-state index in [2.05, 4.69) is 6.92 Å². The lowest BCUT2D eigenvalue weighted by Crippen LogP contribution is -2.37. The van der Waals surface area contributed by atoms with Gasteiger partial charge >= 0.3 is 5.97 Å². The summed E-state index contributed by atoms with van der Waals surface area (Å²) in [7, 11) is 0. The minimum Gasteiger partial charge on any atom is -0.466 e. The first-order valence-corrected chi connectivity index (χ1v) is 11.3. The molecule has 2 saturated heterocycles. The summed E-state index contributed by atoms with van der Waals surface area (Å²) in [6.07, 6.45) is 10.5. The zero-order chi connectivity index (χ0) is 20.4. The highest BCUT2D eigenvalue weighted by atomic mass is 16.5. The van der Waals surface area contributed by atoms with Crippen LogP contribution in [0.4, 0.5) is 0 Å². The number of carbonyl (C=O) groups is 2. The molecule has 4 atom stereocenters. The van der Waals surface area contributed by atoms with Gasteiger partial charge in [-0.05, 0) is 39.0 Å². The van der Waals surface area contributed by atoms with Crippen molar-refractivity contribution >= 4 is 11.9 Å². The van der Waals surface area contributed by atoms with E-state index in [0.29, 0.717) is 32.4 Å². The number of nitrogens with zero attached hydrogens (tertiary/aromatic N) is 1. The van der Waals surface area contributed by atoms with Crippen LogP contribution in [0.2, 0.25) is 0 Å². The molecule has 0 aromatic heterocycles. The van der Waals surface area contributed by atoms with E-state index in [-0.39, 0.29) is 36.2 Å². The van der Waals surface area contributed by atoms with Gasteiger partial charge in [0, 0.05) is 13.0 Å². The molecule has 2 fully saturated rings. The monoisotopic (exact) mass is 397 g/mol. The number of hydrogen-bond acceptors (Lipinski definition) is 5. The highest BCUT2D eigenvalue weighted by Gasteiger charge is 2.46. The van der Waals surface area contributed by atoms with Crippen LogP contribution in [0.1, 0.15) is 90.9 Å². The van der Waals surface area contributed by atoms with Gasteiger partial charge in [-0.3, -0.25) is 9.59 Å². The van der Waals surface area contributed by atoms with E-state index in [1.54, 1.807) is 0 Å². The van der Waals surface area contributed by atoms with E-state index in [9.17, 15) is 14.7 Å². The van der Waals surface area contributed by atoms with Crippen molar-refractivity contribution in [2.75, 3.05) is 13.2 Å². The quantitative estimate of drug-likeness (QED) is 0.358. The summed E-state index contributed by atoms with van der Waals surface area (Å²) in [6.45, 7) is 5.07. The first-order valence-electron chi connectivity index (χ1n) is 11.3. The van der Waals surface area contributed by atoms with E-state index < -0.39 is 0 Å². The number of fused-ring (bicyclic) bond motifs is 1. The van der Waals surface area contributed by atoms with Gasteiger partial charge in [0.15, 0.2) is 0 Å². The van der Waals surface area contributed by atoms with Crippen LogP contribution in [0, 0.1) is 0 Å². The lowest BCUT2D eigenvalue weighted by atomic mass is 10.0. The molecular weight excluding hydrogens is 358 g/mol. The van der Waals surface area contributed by atoms with E-state index in [4.69, 9.17) is 9.47 Å². The van der Waals surface area contributed by atoms with Crippen molar-refractivity contribution < 1.29 is 24.2 Å². The van der Waals surface area contributed by atoms with Gasteiger partial charge < -0.3 is 19.5 Å². The molecule has 0 radical (unpaired) electrons. The molecule has 0 bridgehead atoms. The van der Waals surface area contributed by atoms with Gasteiger partial charge in [0.25, 0.3) is 0 Å². The number of hydrogen-bond donors (Lipinski definition) is 1. The van der Waals surface area contributed by atoms with Crippen molar-refractivity contribution in [2.45, 2.75) is 115 Å². The molecule has 0 aliphatic carbocycles. The molecule has 0 aromatic carbocycles. The number of likely N-dealkylation sites (tertiary alicyclic amines) is 1. The van der Waals surface area contributed by atoms with Gasteiger partial charge in [0.05, 0.1) is 37.4 Å². The van der Waals surface area contributed by atoms with Gasteiger partial charge in [0.1, 0.15) is 0 Å². The Hall–Kier alpha value is -1.14. The SMILES string of the molecule is CCCCCCC(O)CCN1C(=O)CC2OC(CCCCC(=O)OCC)CC21. The minimum atomic E-state index is -0.315. The zero-order valence-electron chi connectivity index (χ0n) is 17.7. The first kappa shape index (κ1) is 23.1. The Morgan fingerprint density at radius 3 is 2.79 bits per heavy atom. The van der Waals surface area contributed by atoms with Crippen LogP contribution < -0.4 is 0 Å². The van der Waals surface area contributed by atoms with E-state index in [0.717, 1.165) is 38.5 Å². The summed E-state index contributed by atoms with van der Waals surface area (Å²) in [4.78, 5) is 25.6. The lowest BCUT2D eigenvalue weighted by Gasteiger charge is -2.24. The maximum absolute atomic E-state index is 12.3. The summed E-state index contributed by atoms with van der Waals surface area (Å²) < 4.78 is 11.0. The summed E-state index contributed by atoms with van der Waals surface area (Å²) in [5.74, 6) is 0.0330. The predicted octanol–water partition coefficient (Wildman–Crippen LogP) is 3.59. The van der Waals surface area contributed by atoms with Gasteiger partial charge in [0.2, 0.25) is 5.91 Å². The van der Waals surface area contributed by atoms with Crippen LogP contribution in [-0.2, 0) is 19.1 Å². The molecule has 28 heavy (non-hydrogen) atoms. The third kappa shape index (κ3) is 7.36.